The maximum atomic E-state index is 11.3. The van der Waals surface area contributed by atoms with Crippen LogP contribution in [-0.2, 0) is 0 Å². The van der Waals surface area contributed by atoms with Gasteiger partial charge in [-0.1, -0.05) is 0 Å². The molecular weight excluding hydrogens is 328 g/mol. The van der Waals surface area contributed by atoms with Crippen molar-refractivity contribution in [3.05, 3.63) is 56.5 Å². The number of aromatic amines is 2. The van der Waals surface area contributed by atoms with Crippen molar-refractivity contribution in [2.24, 2.45) is 4.99 Å². The molecule has 9 heteroatoms. The van der Waals surface area contributed by atoms with Gasteiger partial charge in [0.25, 0.3) is 5.69 Å². The maximum Gasteiger partial charge on any atom is 0.323 e. The summed E-state index contributed by atoms with van der Waals surface area (Å²) in [6.07, 6.45) is 1.30. The van der Waals surface area contributed by atoms with Gasteiger partial charge in [0.15, 0.2) is 11.5 Å². The van der Waals surface area contributed by atoms with E-state index < -0.39 is 4.92 Å². The zero-order valence-electron chi connectivity index (χ0n) is 13.1. The minimum Gasteiger partial charge on any atom is -0.504 e. The fourth-order valence-electron chi connectivity index (χ4n) is 2.33. The number of benzene rings is 2. The second kappa shape index (κ2) is 6.48. The maximum absolute atomic E-state index is 11.3. The number of hydrogen-bond donors (Lipinski definition) is 3. The number of imidazole rings is 1. The van der Waals surface area contributed by atoms with Crippen LogP contribution in [0.5, 0.6) is 11.5 Å². The van der Waals surface area contributed by atoms with Gasteiger partial charge >= 0.3 is 5.69 Å². The molecule has 128 valence electrons. The van der Waals surface area contributed by atoms with Crippen molar-refractivity contribution in [2.45, 2.75) is 6.92 Å². The topological polar surface area (TPSA) is 134 Å². The molecule has 3 N–H and O–H groups in total. The first kappa shape index (κ1) is 16.2. The van der Waals surface area contributed by atoms with Crippen molar-refractivity contribution in [1.29, 1.82) is 0 Å². The molecule has 0 amide bonds. The van der Waals surface area contributed by atoms with Gasteiger partial charge in [0.1, 0.15) is 0 Å². The van der Waals surface area contributed by atoms with Crippen LogP contribution in [0, 0.1) is 10.1 Å². The Hall–Kier alpha value is -3.62. The Bertz CT molecular complexity index is 1030. The molecule has 3 rings (SSSR count). The molecule has 0 radical (unpaired) electrons. The fraction of sp³-hybridized carbons (Fsp3) is 0.125. The first-order valence-electron chi connectivity index (χ1n) is 7.38. The van der Waals surface area contributed by atoms with E-state index in [9.17, 15) is 20.0 Å². The first-order chi connectivity index (χ1) is 12.0. The molecule has 0 aliphatic heterocycles. The number of aliphatic imine (C=N–C) groups is 1. The summed E-state index contributed by atoms with van der Waals surface area (Å²) in [4.78, 5) is 31.2. The van der Waals surface area contributed by atoms with Crippen molar-refractivity contribution >= 4 is 28.6 Å². The van der Waals surface area contributed by atoms with Crippen molar-refractivity contribution in [1.82, 2.24) is 9.97 Å². The van der Waals surface area contributed by atoms with Crippen molar-refractivity contribution in [3.63, 3.8) is 0 Å². The number of nitrogens with zero attached hydrogens (tertiary/aromatic N) is 2. The zero-order valence-corrected chi connectivity index (χ0v) is 13.1. The Kier molecular flexibility index (Phi) is 4.21. The van der Waals surface area contributed by atoms with E-state index in [-0.39, 0.29) is 35.0 Å². The summed E-state index contributed by atoms with van der Waals surface area (Å²) in [6, 6.07) is 7.35. The van der Waals surface area contributed by atoms with Crippen molar-refractivity contribution in [3.8, 4) is 11.5 Å². The number of phenols is 1. The Balaban J connectivity index is 2.00. The summed E-state index contributed by atoms with van der Waals surface area (Å²) in [5.41, 5.74) is 1.34. The number of nitro groups is 1. The van der Waals surface area contributed by atoms with E-state index >= 15 is 0 Å². The Morgan fingerprint density at radius 3 is 2.76 bits per heavy atom. The summed E-state index contributed by atoms with van der Waals surface area (Å²) in [5, 5.41) is 21.2. The van der Waals surface area contributed by atoms with Gasteiger partial charge in [-0.05, 0) is 25.1 Å². The zero-order chi connectivity index (χ0) is 18.0. The molecular formula is C16H14N4O5. The molecule has 0 aliphatic carbocycles. The number of hydrogen-bond acceptors (Lipinski definition) is 6. The molecule has 0 unspecified atom stereocenters. The third-order valence-electron chi connectivity index (χ3n) is 3.45. The first-order valence-corrected chi connectivity index (χ1v) is 7.38. The molecule has 0 atom stereocenters. The monoisotopic (exact) mass is 342 g/mol. The third kappa shape index (κ3) is 3.34. The standard InChI is InChI=1S/C16H14N4O5/c1-2-25-14-7-11(20(23)24)5-9(15(14)21)8-17-10-3-4-12-13(6-10)19-16(22)18-12/h3-8,21H,2H2,1H3,(H2,18,19,22). The summed E-state index contributed by atoms with van der Waals surface area (Å²) in [6.45, 7) is 1.96. The molecule has 2 aromatic carbocycles. The second-order valence-corrected chi connectivity index (χ2v) is 5.14. The van der Waals surface area contributed by atoms with Crippen LogP contribution < -0.4 is 10.4 Å². The molecule has 9 nitrogen and oxygen atoms in total. The summed E-state index contributed by atoms with van der Waals surface area (Å²) >= 11 is 0. The van der Waals surface area contributed by atoms with E-state index in [2.05, 4.69) is 15.0 Å². The van der Waals surface area contributed by atoms with Crippen molar-refractivity contribution < 1.29 is 14.8 Å². The molecule has 1 aromatic heterocycles. The number of H-pyrrole nitrogens is 2. The highest BCUT2D eigenvalue weighted by atomic mass is 16.6. The third-order valence-corrected chi connectivity index (χ3v) is 3.45. The number of fused-ring (bicyclic) bond motifs is 1. The lowest BCUT2D eigenvalue weighted by Crippen LogP contribution is -1.99. The van der Waals surface area contributed by atoms with Gasteiger partial charge in [-0.2, -0.15) is 0 Å². The van der Waals surface area contributed by atoms with Gasteiger partial charge in [-0.25, -0.2) is 4.79 Å². The van der Waals surface area contributed by atoms with Gasteiger partial charge in [0, 0.05) is 17.8 Å². The van der Waals surface area contributed by atoms with E-state index in [4.69, 9.17) is 4.74 Å². The van der Waals surface area contributed by atoms with E-state index in [1.54, 1.807) is 25.1 Å². The van der Waals surface area contributed by atoms with E-state index in [0.29, 0.717) is 16.7 Å². The van der Waals surface area contributed by atoms with Crippen LogP contribution in [0.15, 0.2) is 40.1 Å². The molecule has 0 fully saturated rings. The van der Waals surface area contributed by atoms with Crippen molar-refractivity contribution in [2.75, 3.05) is 6.61 Å². The van der Waals surface area contributed by atoms with Crippen LogP contribution in [0.25, 0.3) is 11.0 Å². The number of aromatic nitrogens is 2. The Morgan fingerprint density at radius 2 is 2.04 bits per heavy atom. The number of rotatable bonds is 5. The number of phenolic OH excluding ortho intramolecular Hbond substituents is 1. The van der Waals surface area contributed by atoms with E-state index in [1.165, 1.54) is 12.3 Å². The number of nitrogens with one attached hydrogen (secondary N) is 2. The molecule has 1 heterocycles. The van der Waals surface area contributed by atoms with Crippen LogP contribution in [0.1, 0.15) is 12.5 Å². The van der Waals surface area contributed by atoms with Crippen LogP contribution in [0.4, 0.5) is 11.4 Å². The molecule has 0 saturated carbocycles. The van der Waals surface area contributed by atoms with Gasteiger partial charge < -0.3 is 19.8 Å². The van der Waals surface area contributed by atoms with Gasteiger partial charge in [-0.3, -0.25) is 15.1 Å². The average Bonchev–Trinajstić information content (AvgIpc) is 2.94. The van der Waals surface area contributed by atoms with E-state index in [0.717, 1.165) is 6.07 Å². The summed E-state index contributed by atoms with van der Waals surface area (Å²) < 4.78 is 5.22. The minimum atomic E-state index is -0.574. The van der Waals surface area contributed by atoms with Crippen LogP contribution in [0.2, 0.25) is 0 Å². The number of ether oxygens (including phenoxy) is 1. The highest BCUT2D eigenvalue weighted by Crippen LogP contribution is 2.34. The average molecular weight is 342 g/mol. The molecule has 0 aliphatic rings. The largest absolute Gasteiger partial charge is 0.504 e. The number of non-ortho nitro benzene ring substituents is 1. The molecule has 3 aromatic rings. The lowest BCUT2D eigenvalue weighted by Gasteiger charge is -2.07. The second-order valence-electron chi connectivity index (χ2n) is 5.14. The highest BCUT2D eigenvalue weighted by Gasteiger charge is 2.16. The molecule has 25 heavy (non-hydrogen) atoms. The Labute approximate surface area is 140 Å². The molecule has 0 spiro atoms. The normalized spacial score (nSPS) is 11.2. The molecule has 0 saturated heterocycles. The van der Waals surface area contributed by atoms with E-state index in [1.807, 2.05) is 0 Å². The van der Waals surface area contributed by atoms with Crippen LogP contribution in [-0.4, -0.2) is 32.8 Å². The predicted octanol–water partition coefficient (Wildman–Crippen LogP) is 2.62. The highest BCUT2D eigenvalue weighted by molar-refractivity contribution is 5.89. The quantitative estimate of drug-likeness (QED) is 0.372. The smallest absolute Gasteiger partial charge is 0.323 e. The summed E-state index contributed by atoms with van der Waals surface area (Å²) in [5.74, 6) is -0.212. The van der Waals surface area contributed by atoms with Gasteiger partial charge in [0.2, 0.25) is 0 Å². The lowest BCUT2D eigenvalue weighted by atomic mass is 10.1. The minimum absolute atomic E-state index is 0.0172. The van der Waals surface area contributed by atoms with Crippen LogP contribution >= 0.6 is 0 Å². The molecule has 0 bridgehead atoms. The van der Waals surface area contributed by atoms with Crippen LogP contribution in [0.3, 0.4) is 0 Å². The van der Waals surface area contributed by atoms with Gasteiger partial charge in [0.05, 0.1) is 34.3 Å². The lowest BCUT2D eigenvalue weighted by molar-refractivity contribution is -0.385. The Morgan fingerprint density at radius 1 is 1.28 bits per heavy atom. The number of nitro benzene ring substituents is 1. The fourth-order valence-corrected chi connectivity index (χ4v) is 2.33. The number of aromatic hydroxyl groups is 1. The SMILES string of the molecule is CCOc1cc([N+](=O)[O-])cc(C=Nc2ccc3[nH]c(=O)[nH]c3c2)c1O. The van der Waals surface area contributed by atoms with Gasteiger partial charge in [-0.15, -0.1) is 0 Å². The summed E-state index contributed by atoms with van der Waals surface area (Å²) in [7, 11) is 0. The predicted molar refractivity (Wildman–Crippen MR) is 92.1 cm³/mol.